The van der Waals surface area contributed by atoms with E-state index in [1.54, 1.807) is 25.1 Å². The number of ether oxygens (including phenoxy) is 1. The summed E-state index contributed by atoms with van der Waals surface area (Å²) in [5.41, 5.74) is 0. The first-order chi connectivity index (χ1) is 8.95. The molecule has 0 aliphatic carbocycles. The fourth-order valence-electron chi connectivity index (χ4n) is 1.13. The van der Waals surface area contributed by atoms with Crippen molar-refractivity contribution in [2.45, 2.75) is 11.8 Å². The van der Waals surface area contributed by atoms with Crippen LogP contribution in [0.3, 0.4) is 0 Å². The molecule has 0 bridgehead atoms. The lowest BCUT2D eigenvalue weighted by molar-refractivity contribution is 0.0615. The van der Waals surface area contributed by atoms with Gasteiger partial charge in [0.15, 0.2) is 15.0 Å². The molecule has 104 valence electrons. The monoisotopic (exact) mass is 305 g/mol. The number of oxime groups is 1. The highest BCUT2D eigenvalue weighted by molar-refractivity contribution is 7.92. The number of nitrogens with zero attached hydrogens (tertiary/aromatic N) is 1. The van der Waals surface area contributed by atoms with Crippen LogP contribution < -0.4 is 0 Å². The number of rotatable bonds is 5. The van der Waals surface area contributed by atoms with E-state index >= 15 is 0 Å². The molecule has 0 saturated carbocycles. The van der Waals surface area contributed by atoms with E-state index in [0.29, 0.717) is 0 Å². The zero-order valence-electron chi connectivity index (χ0n) is 10.1. The van der Waals surface area contributed by atoms with Crippen molar-refractivity contribution in [3.63, 3.8) is 0 Å². The van der Waals surface area contributed by atoms with Gasteiger partial charge in [-0.3, -0.25) is 4.84 Å². The molecule has 0 aromatic heterocycles. The molecule has 6 nitrogen and oxygen atoms in total. The molecule has 0 heterocycles. The van der Waals surface area contributed by atoms with Gasteiger partial charge in [-0.05, 0) is 19.1 Å². The standard InChI is InChI=1S/C11H12ClNO5S/c1-2-17-11(14)18-13-10(12)8-19(15,16)9-6-4-3-5-7-9/h3-7H,2,8H2,1H3/b13-10+. The third-order valence-electron chi connectivity index (χ3n) is 1.89. The highest BCUT2D eigenvalue weighted by Crippen LogP contribution is 2.11. The van der Waals surface area contributed by atoms with Gasteiger partial charge in [0.2, 0.25) is 0 Å². The van der Waals surface area contributed by atoms with Crippen molar-refractivity contribution in [2.24, 2.45) is 5.16 Å². The largest absolute Gasteiger partial charge is 0.535 e. The predicted molar refractivity (Wildman–Crippen MR) is 69.9 cm³/mol. The minimum atomic E-state index is -3.61. The van der Waals surface area contributed by atoms with E-state index in [2.05, 4.69) is 14.7 Å². The molecule has 0 aliphatic heterocycles. The number of sulfone groups is 1. The van der Waals surface area contributed by atoms with Crippen molar-refractivity contribution in [1.82, 2.24) is 0 Å². The van der Waals surface area contributed by atoms with Gasteiger partial charge in [-0.25, -0.2) is 13.2 Å². The second-order valence-corrected chi connectivity index (χ2v) is 5.74. The van der Waals surface area contributed by atoms with Gasteiger partial charge in [0, 0.05) is 0 Å². The molecule has 0 saturated heterocycles. The number of carbonyl (C=O) groups is 1. The average molecular weight is 306 g/mol. The lowest BCUT2D eigenvalue weighted by Gasteiger charge is -2.02. The summed E-state index contributed by atoms with van der Waals surface area (Å²) in [6, 6.07) is 7.75. The molecule has 0 fully saturated rings. The van der Waals surface area contributed by atoms with Gasteiger partial charge in [0.1, 0.15) is 5.75 Å². The molecule has 0 N–H and O–H groups in total. The maximum absolute atomic E-state index is 11.9. The molecule has 0 unspecified atom stereocenters. The number of carbonyl (C=O) groups excluding carboxylic acids is 1. The molecular weight excluding hydrogens is 294 g/mol. The topological polar surface area (TPSA) is 82.0 Å². The predicted octanol–water partition coefficient (Wildman–Crippen LogP) is 2.19. The van der Waals surface area contributed by atoms with Crippen LogP contribution in [-0.4, -0.2) is 32.1 Å². The maximum atomic E-state index is 11.9. The fraction of sp³-hybridized carbons (Fsp3) is 0.273. The summed E-state index contributed by atoms with van der Waals surface area (Å²) in [7, 11) is -3.61. The molecule has 0 aliphatic rings. The van der Waals surface area contributed by atoms with Crippen LogP contribution in [0.5, 0.6) is 0 Å². The Bertz CT molecular complexity index is 556. The zero-order chi connectivity index (χ0) is 14.3. The molecule has 0 amide bonds. The third-order valence-corrected chi connectivity index (χ3v) is 3.90. The first-order valence-corrected chi connectivity index (χ1v) is 7.32. The molecule has 0 spiro atoms. The highest BCUT2D eigenvalue weighted by atomic mass is 35.5. The minimum absolute atomic E-state index is 0.111. The summed E-state index contributed by atoms with van der Waals surface area (Å²) in [5, 5.41) is 2.82. The van der Waals surface area contributed by atoms with E-state index in [0.717, 1.165) is 0 Å². The first kappa shape index (κ1) is 15.5. The van der Waals surface area contributed by atoms with E-state index in [9.17, 15) is 13.2 Å². The average Bonchev–Trinajstić information content (AvgIpc) is 2.37. The molecular formula is C11H12ClNO5S. The van der Waals surface area contributed by atoms with Crippen LogP contribution in [0.1, 0.15) is 6.92 Å². The molecule has 8 heteroatoms. The van der Waals surface area contributed by atoms with Crippen LogP contribution in [0.25, 0.3) is 0 Å². The number of hydrogen-bond donors (Lipinski definition) is 0. The van der Waals surface area contributed by atoms with Gasteiger partial charge in [-0.1, -0.05) is 35.0 Å². The van der Waals surface area contributed by atoms with Crippen molar-refractivity contribution in [2.75, 3.05) is 12.4 Å². The SMILES string of the molecule is CCOC(=O)O/N=C(/Cl)CS(=O)(=O)c1ccccc1. The van der Waals surface area contributed by atoms with Gasteiger partial charge < -0.3 is 4.74 Å². The number of halogens is 1. The lowest BCUT2D eigenvalue weighted by Crippen LogP contribution is -2.13. The Balaban J connectivity index is 2.69. The van der Waals surface area contributed by atoms with E-state index < -0.39 is 21.7 Å². The van der Waals surface area contributed by atoms with Crippen molar-refractivity contribution in [3.05, 3.63) is 30.3 Å². The normalized spacial score (nSPS) is 12.0. The van der Waals surface area contributed by atoms with Gasteiger partial charge >= 0.3 is 6.16 Å². The Morgan fingerprint density at radius 3 is 2.53 bits per heavy atom. The Kier molecular flexibility index (Phi) is 5.78. The molecule has 1 aromatic rings. The van der Waals surface area contributed by atoms with Crippen LogP contribution in [0.4, 0.5) is 4.79 Å². The van der Waals surface area contributed by atoms with Crippen LogP contribution in [-0.2, 0) is 19.4 Å². The number of hydrogen-bond acceptors (Lipinski definition) is 6. The van der Waals surface area contributed by atoms with Crippen LogP contribution in [0.2, 0.25) is 0 Å². The Morgan fingerprint density at radius 2 is 1.95 bits per heavy atom. The first-order valence-electron chi connectivity index (χ1n) is 5.29. The molecule has 1 aromatic carbocycles. The molecule has 0 atom stereocenters. The van der Waals surface area contributed by atoms with Crippen LogP contribution in [0, 0.1) is 0 Å². The lowest BCUT2D eigenvalue weighted by atomic mass is 10.4. The van der Waals surface area contributed by atoms with Crippen LogP contribution >= 0.6 is 11.6 Å². The van der Waals surface area contributed by atoms with E-state index in [-0.39, 0.29) is 16.7 Å². The summed E-state index contributed by atoms with van der Waals surface area (Å²) in [6.45, 7) is 1.71. The van der Waals surface area contributed by atoms with Crippen molar-refractivity contribution in [3.8, 4) is 0 Å². The summed E-state index contributed by atoms with van der Waals surface area (Å²) < 4.78 is 28.2. The van der Waals surface area contributed by atoms with Gasteiger partial charge in [0.05, 0.1) is 11.5 Å². The van der Waals surface area contributed by atoms with Gasteiger partial charge in [-0.15, -0.1) is 0 Å². The Morgan fingerprint density at radius 1 is 1.32 bits per heavy atom. The summed E-state index contributed by atoms with van der Waals surface area (Å²) in [4.78, 5) is 15.2. The summed E-state index contributed by atoms with van der Waals surface area (Å²) in [5.74, 6) is -0.558. The van der Waals surface area contributed by atoms with Crippen molar-refractivity contribution >= 4 is 32.8 Å². The molecule has 19 heavy (non-hydrogen) atoms. The maximum Gasteiger partial charge on any atom is 0.535 e. The van der Waals surface area contributed by atoms with Crippen LogP contribution in [0.15, 0.2) is 40.4 Å². The summed E-state index contributed by atoms with van der Waals surface area (Å²) in [6.07, 6.45) is -1.04. The minimum Gasteiger partial charge on any atom is -0.433 e. The Hall–Kier alpha value is -1.60. The van der Waals surface area contributed by atoms with Crippen molar-refractivity contribution in [1.29, 1.82) is 0 Å². The van der Waals surface area contributed by atoms with Crippen molar-refractivity contribution < 1.29 is 22.8 Å². The van der Waals surface area contributed by atoms with E-state index in [1.165, 1.54) is 12.1 Å². The van der Waals surface area contributed by atoms with E-state index in [4.69, 9.17) is 11.6 Å². The highest BCUT2D eigenvalue weighted by Gasteiger charge is 2.17. The quantitative estimate of drug-likeness (QED) is 0.360. The van der Waals surface area contributed by atoms with Gasteiger partial charge in [0.25, 0.3) is 0 Å². The summed E-state index contributed by atoms with van der Waals surface area (Å²) >= 11 is 5.60. The zero-order valence-corrected chi connectivity index (χ0v) is 11.6. The molecule has 1 rings (SSSR count). The smallest absolute Gasteiger partial charge is 0.433 e. The fourth-order valence-corrected chi connectivity index (χ4v) is 2.70. The van der Waals surface area contributed by atoms with E-state index in [1.807, 2.05) is 0 Å². The Labute approximate surface area is 115 Å². The number of benzene rings is 1. The second kappa shape index (κ2) is 7.10. The van der Waals surface area contributed by atoms with Gasteiger partial charge in [-0.2, -0.15) is 0 Å². The molecule has 0 radical (unpaired) electrons. The third kappa shape index (κ3) is 5.27. The second-order valence-electron chi connectivity index (χ2n) is 3.31.